The zero-order valence-corrected chi connectivity index (χ0v) is 15.1. The summed E-state index contributed by atoms with van der Waals surface area (Å²) in [7, 11) is 0. The summed E-state index contributed by atoms with van der Waals surface area (Å²) < 4.78 is 7.91. The second kappa shape index (κ2) is 7.22. The average molecular weight is 367 g/mol. The van der Waals surface area contributed by atoms with Gasteiger partial charge in [-0.05, 0) is 25.3 Å². The fraction of sp³-hybridized carbons (Fsp3) is 0.368. The van der Waals surface area contributed by atoms with Crippen molar-refractivity contribution in [2.45, 2.75) is 45.2 Å². The van der Waals surface area contributed by atoms with E-state index in [0.717, 1.165) is 24.0 Å². The summed E-state index contributed by atoms with van der Waals surface area (Å²) >= 11 is 0. The number of amides is 1. The highest BCUT2D eigenvalue weighted by Gasteiger charge is 2.22. The van der Waals surface area contributed by atoms with E-state index in [1.54, 1.807) is 12.3 Å². The summed E-state index contributed by atoms with van der Waals surface area (Å²) in [5, 5.41) is 11.1. The van der Waals surface area contributed by atoms with Gasteiger partial charge in [0.1, 0.15) is 12.4 Å². The number of carbonyl (C=O) groups excluding carboxylic acids is 1. The normalized spacial score (nSPS) is 14.6. The maximum Gasteiger partial charge on any atom is 0.442 e. The molecular weight excluding hydrogens is 346 g/mol. The minimum absolute atomic E-state index is 0.179. The van der Waals surface area contributed by atoms with E-state index in [1.165, 1.54) is 17.4 Å². The van der Waals surface area contributed by atoms with E-state index in [4.69, 9.17) is 4.52 Å². The molecule has 1 saturated carbocycles. The van der Waals surface area contributed by atoms with E-state index in [1.807, 2.05) is 35.9 Å². The van der Waals surface area contributed by atoms with Crippen LogP contribution in [0.1, 0.15) is 37.3 Å². The van der Waals surface area contributed by atoms with Crippen LogP contribution in [0.15, 0.2) is 45.8 Å². The lowest BCUT2D eigenvalue weighted by Gasteiger charge is -2.14. The van der Waals surface area contributed by atoms with Crippen LogP contribution in [-0.2, 0) is 11.3 Å². The van der Waals surface area contributed by atoms with Crippen LogP contribution in [0.25, 0.3) is 11.4 Å². The van der Waals surface area contributed by atoms with Gasteiger partial charge in [0.25, 0.3) is 0 Å². The average Bonchev–Trinajstić information content (AvgIpc) is 3.38. The van der Waals surface area contributed by atoms with Crippen molar-refractivity contribution in [3.63, 3.8) is 0 Å². The van der Waals surface area contributed by atoms with Crippen molar-refractivity contribution in [2.75, 3.05) is 5.32 Å². The third-order valence-corrected chi connectivity index (χ3v) is 4.98. The van der Waals surface area contributed by atoms with Gasteiger partial charge in [0.05, 0.1) is 12.2 Å². The Balaban J connectivity index is 1.55. The fourth-order valence-electron chi connectivity index (χ4n) is 3.60. The van der Waals surface area contributed by atoms with Crippen LogP contribution in [-0.4, -0.2) is 25.4 Å². The van der Waals surface area contributed by atoms with Crippen molar-refractivity contribution < 1.29 is 9.32 Å². The van der Waals surface area contributed by atoms with Gasteiger partial charge in [-0.3, -0.25) is 9.32 Å². The predicted octanol–water partition coefficient (Wildman–Crippen LogP) is 2.76. The topological polar surface area (TPSA) is 94.9 Å². The molecule has 1 amide bonds. The third kappa shape index (κ3) is 3.42. The summed E-state index contributed by atoms with van der Waals surface area (Å²) in [6, 6.07) is 9.60. The monoisotopic (exact) mass is 367 g/mol. The first-order chi connectivity index (χ1) is 13.1. The lowest BCUT2D eigenvalue weighted by Crippen LogP contribution is -2.27. The van der Waals surface area contributed by atoms with Gasteiger partial charge >= 0.3 is 5.76 Å². The van der Waals surface area contributed by atoms with Crippen LogP contribution in [0, 0.1) is 6.92 Å². The largest absolute Gasteiger partial charge is 0.442 e. The summed E-state index contributed by atoms with van der Waals surface area (Å²) in [6.07, 6.45) is 6.15. The number of aromatic nitrogens is 4. The predicted molar refractivity (Wildman–Crippen MR) is 99.3 cm³/mol. The van der Waals surface area contributed by atoms with E-state index in [9.17, 15) is 9.59 Å². The molecule has 0 saturated heterocycles. The van der Waals surface area contributed by atoms with Crippen LogP contribution >= 0.6 is 0 Å². The molecule has 0 radical (unpaired) electrons. The molecule has 1 aromatic carbocycles. The maximum absolute atomic E-state index is 12.6. The quantitative estimate of drug-likeness (QED) is 0.748. The molecule has 1 fully saturated rings. The Kier molecular flexibility index (Phi) is 4.62. The van der Waals surface area contributed by atoms with Crippen LogP contribution in [0.4, 0.5) is 5.82 Å². The van der Waals surface area contributed by atoms with Crippen molar-refractivity contribution in [1.29, 1.82) is 0 Å². The molecule has 1 N–H and O–H groups in total. The Morgan fingerprint density at radius 2 is 2.04 bits per heavy atom. The van der Waals surface area contributed by atoms with Crippen molar-refractivity contribution in [3.8, 4) is 11.4 Å². The molecule has 0 spiro atoms. The van der Waals surface area contributed by atoms with Gasteiger partial charge < -0.3 is 5.32 Å². The molecule has 27 heavy (non-hydrogen) atoms. The molecule has 3 aromatic rings. The highest BCUT2D eigenvalue weighted by Crippen LogP contribution is 2.31. The van der Waals surface area contributed by atoms with Gasteiger partial charge in [-0.2, -0.15) is 5.10 Å². The summed E-state index contributed by atoms with van der Waals surface area (Å²) in [6.45, 7) is 1.74. The van der Waals surface area contributed by atoms with E-state index in [2.05, 4.69) is 15.6 Å². The van der Waals surface area contributed by atoms with Gasteiger partial charge in [-0.15, -0.1) is 0 Å². The van der Waals surface area contributed by atoms with Crippen molar-refractivity contribution >= 4 is 11.7 Å². The zero-order valence-electron chi connectivity index (χ0n) is 15.1. The Hall–Kier alpha value is -3.16. The van der Waals surface area contributed by atoms with E-state index >= 15 is 0 Å². The molecule has 8 nitrogen and oxygen atoms in total. The number of benzene rings is 1. The van der Waals surface area contributed by atoms with Gasteiger partial charge in [0.15, 0.2) is 5.82 Å². The number of nitrogens with zero attached hydrogens (tertiary/aromatic N) is 4. The second-order valence-corrected chi connectivity index (χ2v) is 6.82. The van der Waals surface area contributed by atoms with Gasteiger partial charge in [-0.25, -0.2) is 14.0 Å². The number of rotatable bonds is 5. The summed E-state index contributed by atoms with van der Waals surface area (Å²) in [5.74, 6) is 0.00831. The fourth-order valence-corrected chi connectivity index (χ4v) is 3.60. The van der Waals surface area contributed by atoms with Crippen molar-refractivity contribution in [2.24, 2.45) is 0 Å². The third-order valence-electron chi connectivity index (χ3n) is 4.98. The van der Waals surface area contributed by atoms with Crippen molar-refractivity contribution in [1.82, 2.24) is 19.5 Å². The number of hydrogen-bond donors (Lipinski definition) is 1. The molecular formula is C19H21N5O3. The Morgan fingerprint density at radius 1 is 1.26 bits per heavy atom. The number of hydrogen-bond acceptors (Lipinski definition) is 5. The van der Waals surface area contributed by atoms with Gasteiger partial charge in [0, 0.05) is 11.6 Å². The molecule has 0 unspecified atom stereocenters. The van der Waals surface area contributed by atoms with E-state index in [0.29, 0.717) is 17.7 Å². The van der Waals surface area contributed by atoms with Gasteiger partial charge in [0.2, 0.25) is 5.91 Å². The SMILES string of the molecule is Cc1ccccc1-c1noc(=O)n1CC(=O)Nc1ccnn1C1CCCC1. The van der Waals surface area contributed by atoms with E-state index < -0.39 is 5.76 Å². The molecule has 0 atom stereocenters. The molecule has 2 aromatic heterocycles. The highest BCUT2D eigenvalue weighted by atomic mass is 16.5. The molecule has 2 heterocycles. The Bertz CT molecular complexity index is 1010. The summed E-state index contributed by atoms with van der Waals surface area (Å²) in [5.41, 5.74) is 1.70. The lowest BCUT2D eigenvalue weighted by molar-refractivity contribution is -0.116. The standard InChI is InChI=1S/C19H21N5O3/c1-13-6-2-5-9-15(13)18-22-27-19(26)23(18)12-17(25)21-16-10-11-20-24(16)14-7-3-4-8-14/h2,5-6,9-11,14H,3-4,7-8,12H2,1H3,(H,21,25). The van der Waals surface area contributed by atoms with Crippen LogP contribution < -0.4 is 11.1 Å². The van der Waals surface area contributed by atoms with Crippen LogP contribution in [0.5, 0.6) is 0 Å². The maximum atomic E-state index is 12.6. The van der Waals surface area contributed by atoms with E-state index in [-0.39, 0.29) is 12.5 Å². The molecule has 0 bridgehead atoms. The molecule has 140 valence electrons. The number of carbonyl (C=O) groups is 1. The number of anilines is 1. The Morgan fingerprint density at radius 3 is 2.81 bits per heavy atom. The highest BCUT2D eigenvalue weighted by molar-refractivity contribution is 5.90. The van der Waals surface area contributed by atoms with Gasteiger partial charge in [-0.1, -0.05) is 42.3 Å². The van der Waals surface area contributed by atoms with Crippen molar-refractivity contribution in [3.05, 3.63) is 52.6 Å². The molecule has 1 aliphatic carbocycles. The molecule has 8 heteroatoms. The number of aryl methyl sites for hydroxylation is 1. The minimum Gasteiger partial charge on any atom is -0.309 e. The first-order valence-corrected chi connectivity index (χ1v) is 9.09. The Labute approximate surface area is 155 Å². The molecule has 1 aliphatic rings. The second-order valence-electron chi connectivity index (χ2n) is 6.82. The smallest absolute Gasteiger partial charge is 0.309 e. The minimum atomic E-state index is -0.660. The molecule has 0 aliphatic heterocycles. The van der Waals surface area contributed by atoms with Crippen LogP contribution in [0.2, 0.25) is 0 Å². The first-order valence-electron chi connectivity index (χ1n) is 9.09. The molecule has 4 rings (SSSR count). The first kappa shape index (κ1) is 17.3. The number of nitrogens with one attached hydrogen (secondary N) is 1. The zero-order chi connectivity index (χ0) is 18.8. The lowest BCUT2D eigenvalue weighted by atomic mass is 10.1. The summed E-state index contributed by atoms with van der Waals surface area (Å²) in [4.78, 5) is 24.7. The van der Waals surface area contributed by atoms with Crippen LogP contribution in [0.3, 0.4) is 0 Å².